The molecule has 4 heteroatoms. The van der Waals surface area contributed by atoms with Crippen LogP contribution in [0.2, 0.25) is 0 Å². The Morgan fingerprint density at radius 1 is 1.38 bits per heavy atom. The van der Waals surface area contributed by atoms with E-state index in [2.05, 4.69) is 49.9 Å². The second kappa shape index (κ2) is 6.88. The van der Waals surface area contributed by atoms with Gasteiger partial charge in [0.2, 0.25) is 0 Å². The van der Waals surface area contributed by atoms with Crippen LogP contribution < -0.4 is 5.73 Å². The number of rotatable bonds is 5. The fraction of sp³-hybridized carbons (Fsp3) is 0.647. The summed E-state index contributed by atoms with van der Waals surface area (Å²) >= 11 is 0. The van der Waals surface area contributed by atoms with Gasteiger partial charge in [-0.3, -0.25) is 4.90 Å². The van der Waals surface area contributed by atoms with Gasteiger partial charge in [-0.1, -0.05) is 29.8 Å². The molecule has 4 nitrogen and oxygen atoms in total. The van der Waals surface area contributed by atoms with Gasteiger partial charge in [0, 0.05) is 25.7 Å². The molecule has 1 fully saturated rings. The summed E-state index contributed by atoms with van der Waals surface area (Å²) in [6.07, 6.45) is 0.821. The summed E-state index contributed by atoms with van der Waals surface area (Å²) in [5.74, 6) is 0. The first kappa shape index (κ1) is 16.4. The maximum absolute atomic E-state index is 9.35. The predicted molar refractivity (Wildman–Crippen MR) is 85.2 cm³/mol. The maximum Gasteiger partial charge on any atom is 0.0940 e. The molecule has 2 atom stereocenters. The molecule has 1 heterocycles. The fourth-order valence-electron chi connectivity index (χ4n) is 2.98. The van der Waals surface area contributed by atoms with Gasteiger partial charge in [0.15, 0.2) is 0 Å². The van der Waals surface area contributed by atoms with Crippen LogP contribution in [0.25, 0.3) is 0 Å². The summed E-state index contributed by atoms with van der Waals surface area (Å²) in [6, 6.07) is 8.49. The van der Waals surface area contributed by atoms with Gasteiger partial charge in [0.25, 0.3) is 0 Å². The highest BCUT2D eigenvalue weighted by Crippen LogP contribution is 2.22. The molecule has 0 aromatic heterocycles. The number of aliphatic hydroxyl groups excluding tert-OH is 1. The molecular formula is C17H28N2O2. The first-order valence-corrected chi connectivity index (χ1v) is 7.73. The SMILES string of the molecule is Cc1ccc(C(N)CCN2CC(CO)OC(C)(C)C2)cc1. The Kier molecular flexibility index (Phi) is 5.38. The molecule has 21 heavy (non-hydrogen) atoms. The lowest BCUT2D eigenvalue weighted by molar-refractivity contribution is -0.149. The zero-order valence-corrected chi connectivity index (χ0v) is 13.4. The number of aliphatic hydroxyl groups is 1. The Morgan fingerprint density at radius 3 is 2.67 bits per heavy atom. The van der Waals surface area contributed by atoms with Crippen molar-refractivity contribution < 1.29 is 9.84 Å². The number of hydrogen-bond acceptors (Lipinski definition) is 4. The number of nitrogens with zero attached hydrogens (tertiary/aromatic N) is 1. The van der Waals surface area contributed by atoms with Gasteiger partial charge in [-0.25, -0.2) is 0 Å². The molecule has 1 aliphatic rings. The minimum absolute atomic E-state index is 0.0594. The third kappa shape index (κ3) is 4.78. The van der Waals surface area contributed by atoms with E-state index >= 15 is 0 Å². The third-order valence-corrected chi connectivity index (χ3v) is 4.02. The lowest BCUT2D eigenvalue weighted by Crippen LogP contribution is -2.54. The molecule has 1 aliphatic heterocycles. The van der Waals surface area contributed by atoms with Crippen LogP contribution in [0.5, 0.6) is 0 Å². The summed E-state index contributed by atoms with van der Waals surface area (Å²) in [4.78, 5) is 2.35. The number of morpholine rings is 1. The highest BCUT2D eigenvalue weighted by atomic mass is 16.5. The zero-order valence-electron chi connectivity index (χ0n) is 13.4. The van der Waals surface area contributed by atoms with Crippen molar-refractivity contribution in [1.82, 2.24) is 4.90 Å². The summed E-state index contributed by atoms with van der Waals surface area (Å²) in [5, 5.41) is 9.35. The second-order valence-electron chi connectivity index (χ2n) is 6.72. The first-order valence-electron chi connectivity index (χ1n) is 7.73. The Labute approximate surface area is 127 Å². The Bertz CT molecular complexity index is 445. The van der Waals surface area contributed by atoms with E-state index < -0.39 is 0 Å². The smallest absolute Gasteiger partial charge is 0.0940 e. The average Bonchev–Trinajstić information content (AvgIpc) is 2.44. The standard InChI is InChI=1S/C17H28N2O2/c1-13-4-6-14(7-5-13)16(18)8-9-19-10-15(11-20)21-17(2,3)12-19/h4-7,15-16,20H,8-12,18H2,1-3H3. The molecule has 2 rings (SSSR count). The summed E-state index contributed by atoms with van der Waals surface area (Å²) in [6.45, 7) is 8.89. The zero-order chi connectivity index (χ0) is 15.5. The normalized spacial score (nSPS) is 24.0. The van der Waals surface area contributed by atoms with Gasteiger partial charge in [-0.15, -0.1) is 0 Å². The summed E-state index contributed by atoms with van der Waals surface area (Å²) in [7, 11) is 0. The summed E-state index contributed by atoms with van der Waals surface area (Å²) in [5.41, 5.74) is 8.52. The second-order valence-corrected chi connectivity index (χ2v) is 6.72. The van der Waals surface area contributed by atoms with Crippen molar-refractivity contribution in [3.8, 4) is 0 Å². The molecule has 1 aromatic carbocycles. The van der Waals surface area contributed by atoms with Crippen LogP contribution in [-0.4, -0.2) is 48.0 Å². The van der Waals surface area contributed by atoms with E-state index in [-0.39, 0.29) is 24.4 Å². The molecule has 1 saturated heterocycles. The number of ether oxygens (including phenoxy) is 1. The number of hydrogen-bond donors (Lipinski definition) is 2. The van der Waals surface area contributed by atoms with E-state index in [1.165, 1.54) is 11.1 Å². The molecule has 1 aromatic rings. The predicted octanol–water partition coefficient (Wildman–Crippen LogP) is 1.86. The molecule has 2 unspecified atom stereocenters. The molecule has 0 radical (unpaired) electrons. The molecule has 0 bridgehead atoms. The molecule has 0 amide bonds. The lowest BCUT2D eigenvalue weighted by atomic mass is 10.0. The number of benzene rings is 1. The quantitative estimate of drug-likeness (QED) is 0.869. The van der Waals surface area contributed by atoms with Crippen molar-refractivity contribution in [3.63, 3.8) is 0 Å². The topological polar surface area (TPSA) is 58.7 Å². The third-order valence-electron chi connectivity index (χ3n) is 4.02. The molecule has 0 aliphatic carbocycles. The van der Waals surface area contributed by atoms with E-state index in [0.717, 1.165) is 26.1 Å². The number of aryl methyl sites for hydroxylation is 1. The first-order chi connectivity index (χ1) is 9.89. The monoisotopic (exact) mass is 292 g/mol. The average molecular weight is 292 g/mol. The van der Waals surface area contributed by atoms with Gasteiger partial charge >= 0.3 is 0 Å². The van der Waals surface area contributed by atoms with Crippen LogP contribution in [0.15, 0.2) is 24.3 Å². The van der Waals surface area contributed by atoms with Crippen molar-refractivity contribution in [3.05, 3.63) is 35.4 Å². The van der Waals surface area contributed by atoms with E-state index in [1.807, 2.05) is 0 Å². The Balaban J connectivity index is 1.88. The Hall–Kier alpha value is -0.940. The largest absolute Gasteiger partial charge is 0.394 e. The van der Waals surface area contributed by atoms with Crippen molar-refractivity contribution in [2.24, 2.45) is 5.73 Å². The van der Waals surface area contributed by atoms with Gasteiger partial charge < -0.3 is 15.6 Å². The summed E-state index contributed by atoms with van der Waals surface area (Å²) < 4.78 is 5.83. The molecule has 3 N–H and O–H groups in total. The van der Waals surface area contributed by atoms with Crippen molar-refractivity contribution in [1.29, 1.82) is 0 Å². The van der Waals surface area contributed by atoms with Crippen LogP contribution in [0.4, 0.5) is 0 Å². The molecule has 0 spiro atoms. The van der Waals surface area contributed by atoms with E-state index in [4.69, 9.17) is 10.5 Å². The minimum atomic E-state index is -0.209. The van der Waals surface area contributed by atoms with E-state index in [9.17, 15) is 5.11 Å². The van der Waals surface area contributed by atoms with Gasteiger partial charge in [-0.2, -0.15) is 0 Å². The van der Waals surface area contributed by atoms with E-state index in [1.54, 1.807) is 0 Å². The van der Waals surface area contributed by atoms with Crippen LogP contribution in [0.1, 0.15) is 37.4 Å². The van der Waals surface area contributed by atoms with Crippen LogP contribution in [0.3, 0.4) is 0 Å². The maximum atomic E-state index is 9.35. The highest BCUT2D eigenvalue weighted by molar-refractivity contribution is 5.23. The van der Waals surface area contributed by atoms with Gasteiger partial charge in [0.05, 0.1) is 18.3 Å². The lowest BCUT2D eigenvalue weighted by Gasteiger charge is -2.42. The fourth-order valence-corrected chi connectivity index (χ4v) is 2.98. The van der Waals surface area contributed by atoms with Crippen molar-refractivity contribution >= 4 is 0 Å². The molecule has 0 saturated carbocycles. The van der Waals surface area contributed by atoms with Crippen LogP contribution >= 0.6 is 0 Å². The molecular weight excluding hydrogens is 264 g/mol. The highest BCUT2D eigenvalue weighted by Gasteiger charge is 2.32. The van der Waals surface area contributed by atoms with Gasteiger partial charge in [0.1, 0.15) is 0 Å². The van der Waals surface area contributed by atoms with Crippen molar-refractivity contribution in [2.75, 3.05) is 26.2 Å². The Morgan fingerprint density at radius 2 is 2.05 bits per heavy atom. The van der Waals surface area contributed by atoms with E-state index in [0.29, 0.717) is 0 Å². The minimum Gasteiger partial charge on any atom is -0.394 e. The molecule has 118 valence electrons. The van der Waals surface area contributed by atoms with Crippen molar-refractivity contribution in [2.45, 2.75) is 44.9 Å². The van der Waals surface area contributed by atoms with Crippen LogP contribution in [-0.2, 0) is 4.74 Å². The van der Waals surface area contributed by atoms with Gasteiger partial charge in [-0.05, 0) is 32.8 Å². The number of nitrogens with two attached hydrogens (primary N) is 1. The van der Waals surface area contributed by atoms with Crippen LogP contribution in [0, 0.1) is 6.92 Å².